The number of carbonyl (C=O) groups excluding carboxylic acids is 3. The molecule has 1 saturated carbocycles. The maximum atomic E-state index is 13.2. The lowest BCUT2D eigenvalue weighted by Gasteiger charge is -2.28. The third kappa shape index (κ3) is 6.10. The van der Waals surface area contributed by atoms with E-state index in [1.54, 1.807) is 0 Å². The predicted octanol–water partition coefficient (Wildman–Crippen LogP) is 1.22. The fourth-order valence-electron chi connectivity index (χ4n) is 3.72. The van der Waals surface area contributed by atoms with Crippen molar-refractivity contribution in [1.82, 2.24) is 21.3 Å². The van der Waals surface area contributed by atoms with E-state index in [-0.39, 0.29) is 52.8 Å². The summed E-state index contributed by atoms with van der Waals surface area (Å²) in [6, 6.07) is 3.71. The maximum absolute atomic E-state index is 13.2. The van der Waals surface area contributed by atoms with Gasteiger partial charge in [-0.05, 0) is 43.9 Å². The standard InChI is InChI=1S/C21H27ClFN5O4/c1-32-9-8-24-20(30)17-18(26-11-25-17)21(31)27-14-5-2-12(3-6-14)19(29)28-16-7-4-13(23)10-15(16)22/h4,7,10,12,14,25-26H,2-3,5-6,8-9,11H2,1H3,(H,24,30)(H,27,31)(H,28,29)/t12-,14-. The quantitative estimate of drug-likeness (QED) is 0.367. The van der Waals surface area contributed by atoms with Gasteiger partial charge in [-0.15, -0.1) is 0 Å². The molecule has 11 heteroatoms. The molecule has 1 aromatic carbocycles. The highest BCUT2D eigenvalue weighted by Crippen LogP contribution is 2.28. The zero-order valence-electron chi connectivity index (χ0n) is 17.7. The molecule has 3 amide bonds. The molecule has 174 valence electrons. The Bertz CT molecular complexity index is 902. The summed E-state index contributed by atoms with van der Waals surface area (Å²) in [5, 5.41) is 14.3. The maximum Gasteiger partial charge on any atom is 0.269 e. The number of hydrogen-bond donors (Lipinski definition) is 5. The predicted molar refractivity (Wildman–Crippen MR) is 117 cm³/mol. The Morgan fingerprint density at radius 3 is 2.47 bits per heavy atom. The number of halogens is 2. The van der Waals surface area contributed by atoms with E-state index in [1.165, 1.54) is 19.2 Å². The van der Waals surface area contributed by atoms with Gasteiger partial charge in [0.15, 0.2) is 0 Å². The van der Waals surface area contributed by atoms with Crippen molar-refractivity contribution in [1.29, 1.82) is 0 Å². The van der Waals surface area contributed by atoms with E-state index in [1.807, 2.05) is 0 Å². The van der Waals surface area contributed by atoms with E-state index in [4.69, 9.17) is 16.3 Å². The summed E-state index contributed by atoms with van der Waals surface area (Å²) in [4.78, 5) is 37.5. The summed E-state index contributed by atoms with van der Waals surface area (Å²) < 4.78 is 18.1. The molecule has 2 aliphatic rings. The minimum atomic E-state index is -0.470. The van der Waals surface area contributed by atoms with Crippen LogP contribution in [0, 0.1) is 11.7 Å². The summed E-state index contributed by atoms with van der Waals surface area (Å²) in [5.74, 6) is -1.61. The molecule has 9 nitrogen and oxygen atoms in total. The van der Waals surface area contributed by atoms with E-state index in [9.17, 15) is 18.8 Å². The van der Waals surface area contributed by atoms with Crippen LogP contribution in [-0.2, 0) is 19.1 Å². The topological polar surface area (TPSA) is 121 Å². The Hall–Kier alpha value is -2.85. The Balaban J connectivity index is 1.49. The second kappa shape index (κ2) is 11.1. The number of rotatable bonds is 8. The van der Waals surface area contributed by atoms with Crippen molar-refractivity contribution in [3.63, 3.8) is 0 Å². The normalized spacial score (nSPS) is 20.2. The van der Waals surface area contributed by atoms with Crippen LogP contribution in [0.2, 0.25) is 5.02 Å². The number of nitrogens with one attached hydrogen (secondary N) is 5. The lowest BCUT2D eigenvalue weighted by molar-refractivity contribution is -0.122. The first-order valence-corrected chi connectivity index (χ1v) is 10.8. The molecule has 3 rings (SSSR count). The summed E-state index contributed by atoms with van der Waals surface area (Å²) in [7, 11) is 1.54. The van der Waals surface area contributed by atoms with Crippen LogP contribution in [0.25, 0.3) is 0 Å². The number of hydrogen-bond acceptors (Lipinski definition) is 6. The monoisotopic (exact) mass is 467 g/mol. The molecule has 1 aliphatic carbocycles. The molecule has 0 saturated heterocycles. The van der Waals surface area contributed by atoms with Gasteiger partial charge in [-0.25, -0.2) is 4.39 Å². The minimum absolute atomic E-state index is 0.103. The second-order valence-corrected chi connectivity index (χ2v) is 8.07. The van der Waals surface area contributed by atoms with Gasteiger partial charge in [-0.2, -0.15) is 0 Å². The highest BCUT2D eigenvalue weighted by atomic mass is 35.5. The van der Waals surface area contributed by atoms with Crippen LogP contribution < -0.4 is 26.6 Å². The van der Waals surface area contributed by atoms with Crippen LogP contribution >= 0.6 is 11.6 Å². The summed E-state index contributed by atoms with van der Waals surface area (Å²) in [6.45, 7) is 0.997. The summed E-state index contributed by atoms with van der Waals surface area (Å²) >= 11 is 5.97. The molecule has 0 atom stereocenters. The molecule has 32 heavy (non-hydrogen) atoms. The van der Waals surface area contributed by atoms with Gasteiger partial charge in [0.25, 0.3) is 11.8 Å². The lowest BCUT2D eigenvalue weighted by atomic mass is 9.85. The number of benzene rings is 1. The van der Waals surface area contributed by atoms with Gasteiger partial charge in [-0.1, -0.05) is 11.6 Å². The zero-order chi connectivity index (χ0) is 23.1. The highest BCUT2D eigenvalue weighted by molar-refractivity contribution is 6.33. The van der Waals surface area contributed by atoms with E-state index in [2.05, 4.69) is 26.6 Å². The Kier molecular flexibility index (Phi) is 8.29. The highest BCUT2D eigenvalue weighted by Gasteiger charge is 2.30. The number of methoxy groups -OCH3 is 1. The van der Waals surface area contributed by atoms with Gasteiger partial charge in [0.05, 0.1) is 24.0 Å². The first-order valence-electron chi connectivity index (χ1n) is 10.4. The first kappa shape index (κ1) is 23.8. The van der Waals surface area contributed by atoms with Gasteiger partial charge in [0, 0.05) is 25.6 Å². The molecule has 0 aromatic heterocycles. The van der Waals surface area contributed by atoms with Crippen LogP contribution in [0.5, 0.6) is 0 Å². The third-order valence-corrected chi connectivity index (χ3v) is 5.76. The molecule has 0 unspecified atom stereocenters. The Morgan fingerprint density at radius 1 is 1.12 bits per heavy atom. The molecule has 0 radical (unpaired) electrons. The largest absolute Gasteiger partial charge is 0.383 e. The molecule has 0 spiro atoms. The van der Waals surface area contributed by atoms with Crippen molar-refractivity contribution in [3.8, 4) is 0 Å². The Labute approximate surface area is 190 Å². The molecular weight excluding hydrogens is 441 g/mol. The van der Waals surface area contributed by atoms with Crippen molar-refractivity contribution in [2.24, 2.45) is 5.92 Å². The van der Waals surface area contributed by atoms with Crippen LogP contribution in [-0.4, -0.2) is 50.7 Å². The number of anilines is 1. The van der Waals surface area contributed by atoms with E-state index in [0.29, 0.717) is 44.5 Å². The third-order valence-electron chi connectivity index (χ3n) is 5.45. The summed E-state index contributed by atoms with van der Waals surface area (Å²) in [5.41, 5.74) is 0.769. The number of carbonyl (C=O) groups is 3. The average molecular weight is 468 g/mol. The van der Waals surface area contributed by atoms with Gasteiger partial charge < -0.3 is 31.3 Å². The molecule has 1 aliphatic heterocycles. The van der Waals surface area contributed by atoms with Crippen LogP contribution in [0.15, 0.2) is 29.6 Å². The van der Waals surface area contributed by atoms with E-state index in [0.717, 1.165) is 6.07 Å². The van der Waals surface area contributed by atoms with E-state index >= 15 is 0 Å². The number of amides is 3. The molecule has 0 bridgehead atoms. The Morgan fingerprint density at radius 2 is 1.81 bits per heavy atom. The average Bonchev–Trinajstić information content (AvgIpc) is 3.26. The minimum Gasteiger partial charge on any atom is -0.383 e. The second-order valence-electron chi connectivity index (χ2n) is 7.66. The molecule has 1 fully saturated rings. The van der Waals surface area contributed by atoms with Gasteiger partial charge >= 0.3 is 0 Å². The lowest BCUT2D eigenvalue weighted by Crippen LogP contribution is -2.42. The molecular formula is C21H27ClFN5O4. The van der Waals surface area contributed by atoms with Gasteiger partial charge in [0.1, 0.15) is 17.2 Å². The number of ether oxygens (including phenoxy) is 1. The fourth-order valence-corrected chi connectivity index (χ4v) is 3.94. The summed E-state index contributed by atoms with van der Waals surface area (Å²) in [6.07, 6.45) is 2.42. The SMILES string of the molecule is COCCNC(=O)C1=C(C(=O)N[C@H]2CC[C@H](C(=O)Nc3ccc(F)cc3Cl)CC2)NCN1. The molecule has 5 N–H and O–H groups in total. The van der Waals surface area contributed by atoms with Crippen molar-refractivity contribution < 1.29 is 23.5 Å². The van der Waals surface area contributed by atoms with E-state index < -0.39 is 5.82 Å². The van der Waals surface area contributed by atoms with Crippen LogP contribution in [0.1, 0.15) is 25.7 Å². The van der Waals surface area contributed by atoms with Crippen LogP contribution in [0.3, 0.4) is 0 Å². The first-order chi connectivity index (χ1) is 15.4. The van der Waals surface area contributed by atoms with Crippen molar-refractivity contribution in [2.45, 2.75) is 31.7 Å². The van der Waals surface area contributed by atoms with Crippen molar-refractivity contribution in [3.05, 3.63) is 40.4 Å². The van der Waals surface area contributed by atoms with Gasteiger partial charge in [-0.3, -0.25) is 14.4 Å². The van der Waals surface area contributed by atoms with Crippen molar-refractivity contribution in [2.75, 3.05) is 32.2 Å². The zero-order valence-corrected chi connectivity index (χ0v) is 18.5. The molecule has 1 aromatic rings. The smallest absolute Gasteiger partial charge is 0.269 e. The van der Waals surface area contributed by atoms with Crippen molar-refractivity contribution >= 4 is 35.0 Å². The molecule has 1 heterocycles. The fraction of sp³-hybridized carbons (Fsp3) is 0.476. The van der Waals surface area contributed by atoms with Crippen LogP contribution in [0.4, 0.5) is 10.1 Å². The van der Waals surface area contributed by atoms with Gasteiger partial charge in [0.2, 0.25) is 5.91 Å².